The zero-order valence-corrected chi connectivity index (χ0v) is 13.6. The summed E-state index contributed by atoms with van der Waals surface area (Å²) in [5, 5.41) is 3.80. The van der Waals surface area contributed by atoms with Gasteiger partial charge in [-0.05, 0) is 38.0 Å². The van der Waals surface area contributed by atoms with Crippen molar-refractivity contribution in [2.24, 2.45) is 0 Å². The second kappa shape index (κ2) is 6.76. The van der Waals surface area contributed by atoms with Crippen LogP contribution in [0.4, 0.5) is 11.5 Å². The van der Waals surface area contributed by atoms with E-state index in [2.05, 4.69) is 22.2 Å². The Morgan fingerprint density at radius 1 is 1.24 bits per heavy atom. The quantitative estimate of drug-likeness (QED) is 0.829. The van der Waals surface area contributed by atoms with Crippen LogP contribution in [0.5, 0.6) is 5.75 Å². The summed E-state index contributed by atoms with van der Waals surface area (Å²) in [4.78, 5) is 8.87. The zero-order chi connectivity index (χ0) is 15.4. The molecule has 5 heteroatoms. The van der Waals surface area contributed by atoms with Gasteiger partial charge in [-0.2, -0.15) is 0 Å². The third-order valence-electron chi connectivity index (χ3n) is 3.21. The van der Waals surface area contributed by atoms with E-state index in [1.165, 1.54) is 0 Å². The second-order valence-corrected chi connectivity index (χ2v) is 5.34. The maximum atomic E-state index is 6.20. The van der Waals surface area contributed by atoms with Gasteiger partial charge in [0.15, 0.2) is 0 Å². The summed E-state index contributed by atoms with van der Waals surface area (Å²) in [5.41, 5.74) is 2.85. The number of nitrogens with one attached hydrogen (secondary N) is 1. The van der Waals surface area contributed by atoms with E-state index < -0.39 is 0 Å². The van der Waals surface area contributed by atoms with Crippen LogP contribution in [0, 0.1) is 13.8 Å². The molecule has 1 heterocycles. The van der Waals surface area contributed by atoms with Crippen molar-refractivity contribution < 1.29 is 4.74 Å². The average Bonchev–Trinajstić information content (AvgIpc) is 2.45. The molecule has 0 spiro atoms. The van der Waals surface area contributed by atoms with Crippen molar-refractivity contribution in [2.45, 2.75) is 33.6 Å². The van der Waals surface area contributed by atoms with Crippen LogP contribution in [-0.2, 0) is 6.42 Å². The van der Waals surface area contributed by atoms with E-state index in [0.717, 1.165) is 47.0 Å². The van der Waals surface area contributed by atoms with E-state index in [4.69, 9.17) is 16.3 Å². The third-order valence-corrected chi connectivity index (χ3v) is 3.58. The molecule has 0 saturated carbocycles. The number of anilines is 2. The first-order chi connectivity index (χ1) is 10.0. The van der Waals surface area contributed by atoms with Gasteiger partial charge in [0.05, 0.1) is 12.8 Å². The number of benzene rings is 1. The van der Waals surface area contributed by atoms with Crippen LogP contribution in [0.3, 0.4) is 0 Å². The SMILES string of the molecule is CCCc1nc(Cl)c(C)c(Nc2cc(C)ccc2OC)n1. The summed E-state index contributed by atoms with van der Waals surface area (Å²) >= 11 is 6.20. The van der Waals surface area contributed by atoms with Crippen molar-refractivity contribution >= 4 is 23.1 Å². The van der Waals surface area contributed by atoms with Gasteiger partial charge in [-0.1, -0.05) is 24.6 Å². The van der Waals surface area contributed by atoms with E-state index in [1.54, 1.807) is 7.11 Å². The highest BCUT2D eigenvalue weighted by atomic mass is 35.5. The van der Waals surface area contributed by atoms with Gasteiger partial charge in [-0.3, -0.25) is 0 Å². The molecule has 0 aliphatic carbocycles. The van der Waals surface area contributed by atoms with Crippen molar-refractivity contribution in [3.05, 3.63) is 40.3 Å². The van der Waals surface area contributed by atoms with Gasteiger partial charge in [0.1, 0.15) is 22.5 Å². The number of hydrogen-bond acceptors (Lipinski definition) is 4. The first-order valence-electron chi connectivity index (χ1n) is 6.99. The van der Waals surface area contributed by atoms with Crippen LogP contribution < -0.4 is 10.1 Å². The Hall–Kier alpha value is -1.81. The fraction of sp³-hybridized carbons (Fsp3) is 0.375. The maximum Gasteiger partial charge on any atom is 0.142 e. The molecule has 0 amide bonds. The molecule has 112 valence electrons. The van der Waals surface area contributed by atoms with Gasteiger partial charge in [-0.15, -0.1) is 0 Å². The molecular formula is C16H20ClN3O. The molecule has 2 rings (SSSR count). The monoisotopic (exact) mass is 305 g/mol. The number of ether oxygens (including phenoxy) is 1. The predicted octanol–water partition coefficient (Wildman–Crippen LogP) is 4.45. The van der Waals surface area contributed by atoms with E-state index in [1.807, 2.05) is 32.0 Å². The first-order valence-corrected chi connectivity index (χ1v) is 7.37. The topological polar surface area (TPSA) is 47.0 Å². The lowest BCUT2D eigenvalue weighted by Crippen LogP contribution is -2.04. The van der Waals surface area contributed by atoms with Crippen molar-refractivity contribution in [2.75, 3.05) is 12.4 Å². The molecule has 2 aromatic rings. The normalized spacial score (nSPS) is 10.5. The van der Waals surface area contributed by atoms with Crippen LogP contribution in [0.1, 0.15) is 30.3 Å². The predicted molar refractivity (Wildman–Crippen MR) is 86.8 cm³/mol. The lowest BCUT2D eigenvalue weighted by molar-refractivity contribution is 0.416. The average molecular weight is 306 g/mol. The van der Waals surface area contributed by atoms with Crippen molar-refractivity contribution in [1.82, 2.24) is 9.97 Å². The van der Waals surface area contributed by atoms with E-state index >= 15 is 0 Å². The van der Waals surface area contributed by atoms with E-state index in [9.17, 15) is 0 Å². The zero-order valence-electron chi connectivity index (χ0n) is 12.8. The Kier molecular flexibility index (Phi) is 5.02. The van der Waals surface area contributed by atoms with Gasteiger partial charge in [0.25, 0.3) is 0 Å². The highest BCUT2D eigenvalue weighted by Crippen LogP contribution is 2.30. The number of rotatable bonds is 5. The van der Waals surface area contributed by atoms with Crippen LogP contribution >= 0.6 is 11.6 Å². The summed E-state index contributed by atoms with van der Waals surface area (Å²) in [6.07, 6.45) is 1.78. The molecule has 0 radical (unpaired) electrons. The number of hydrogen-bond donors (Lipinski definition) is 1. The highest BCUT2D eigenvalue weighted by molar-refractivity contribution is 6.30. The van der Waals surface area contributed by atoms with Crippen LogP contribution in [0.2, 0.25) is 5.15 Å². The number of nitrogens with zero attached hydrogens (tertiary/aromatic N) is 2. The van der Waals surface area contributed by atoms with Gasteiger partial charge in [0.2, 0.25) is 0 Å². The minimum atomic E-state index is 0.488. The van der Waals surface area contributed by atoms with Crippen LogP contribution in [-0.4, -0.2) is 17.1 Å². The van der Waals surface area contributed by atoms with E-state index in [0.29, 0.717) is 5.15 Å². The number of methoxy groups -OCH3 is 1. The smallest absolute Gasteiger partial charge is 0.142 e. The Balaban J connectivity index is 2.41. The molecular weight excluding hydrogens is 286 g/mol. The number of aromatic nitrogens is 2. The summed E-state index contributed by atoms with van der Waals surface area (Å²) in [5.74, 6) is 2.25. The Bertz CT molecular complexity index is 644. The molecule has 21 heavy (non-hydrogen) atoms. The van der Waals surface area contributed by atoms with Crippen molar-refractivity contribution in [3.63, 3.8) is 0 Å². The standard InChI is InChI=1S/C16H20ClN3O/c1-5-6-14-19-15(17)11(3)16(20-14)18-12-9-10(2)7-8-13(12)21-4/h7-9H,5-6H2,1-4H3,(H,18,19,20). The molecule has 0 atom stereocenters. The van der Waals surface area contributed by atoms with E-state index in [-0.39, 0.29) is 0 Å². The summed E-state index contributed by atoms with van der Waals surface area (Å²) < 4.78 is 5.38. The fourth-order valence-corrected chi connectivity index (χ4v) is 2.22. The Morgan fingerprint density at radius 2 is 2.00 bits per heavy atom. The van der Waals surface area contributed by atoms with Crippen molar-refractivity contribution in [3.8, 4) is 5.75 Å². The largest absolute Gasteiger partial charge is 0.495 e. The lowest BCUT2D eigenvalue weighted by Gasteiger charge is -2.14. The van der Waals surface area contributed by atoms with Gasteiger partial charge >= 0.3 is 0 Å². The molecule has 1 N–H and O–H groups in total. The Labute approximate surface area is 130 Å². The molecule has 0 aliphatic heterocycles. The molecule has 0 fully saturated rings. The minimum Gasteiger partial charge on any atom is -0.495 e. The third kappa shape index (κ3) is 3.64. The summed E-state index contributed by atoms with van der Waals surface area (Å²) in [6, 6.07) is 5.96. The summed E-state index contributed by atoms with van der Waals surface area (Å²) in [6.45, 7) is 6.03. The highest BCUT2D eigenvalue weighted by Gasteiger charge is 2.11. The fourth-order valence-electron chi connectivity index (χ4n) is 2.04. The molecule has 0 aliphatic rings. The molecule has 1 aromatic carbocycles. The number of halogens is 1. The molecule has 0 saturated heterocycles. The Morgan fingerprint density at radius 3 is 2.67 bits per heavy atom. The molecule has 1 aromatic heterocycles. The van der Waals surface area contributed by atoms with Gasteiger partial charge in [-0.25, -0.2) is 9.97 Å². The first kappa shape index (κ1) is 15.6. The summed E-state index contributed by atoms with van der Waals surface area (Å²) in [7, 11) is 1.65. The molecule has 0 bridgehead atoms. The van der Waals surface area contributed by atoms with Gasteiger partial charge in [0, 0.05) is 12.0 Å². The maximum absolute atomic E-state index is 6.20. The lowest BCUT2D eigenvalue weighted by atomic mass is 10.2. The van der Waals surface area contributed by atoms with Crippen molar-refractivity contribution in [1.29, 1.82) is 0 Å². The van der Waals surface area contributed by atoms with Gasteiger partial charge < -0.3 is 10.1 Å². The minimum absolute atomic E-state index is 0.488. The second-order valence-electron chi connectivity index (χ2n) is 4.98. The van der Waals surface area contributed by atoms with Crippen LogP contribution in [0.25, 0.3) is 0 Å². The van der Waals surface area contributed by atoms with Crippen LogP contribution in [0.15, 0.2) is 18.2 Å². The molecule has 0 unspecified atom stereocenters. The molecule has 4 nitrogen and oxygen atoms in total. The number of aryl methyl sites for hydroxylation is 2.